The summed E-state index contributed by atoms with van der Waals surface area (Å²) in [6, 6.07) is 6.58. The average molecular weight is 529 g/mol. The standard InChI is InChI=1S/C26H26ClFN4O3S/c1-4-21(33)30-7-9-31(10-8-30)25-18-11-15(2)22(16-5-6-20(28)19(27)12-16)24-23(18)32(26(34)29-25)17(13-35-3)14-36-24/h4-6,11-12,17H,1,7-10,13-14H2,2-3H3. The summed E-state index contributed by atoms with van der Waals surface area (Å²) in [5, 5.41) is 0.924. The van der Waals surface area contributed by atoms with E-state index in [-0.39, 0.29) is 22.7 Å². The van der Waals surface area contributed by atoms with Gasteiger partial charge in [0.2, 0.25) is 5.91 Å². The topological polar surface area (TPSA) is 67.7 Å². The average Bonchev–Trinajstić information content (AvgIpc) is 2.88. The molecule has 0 N–H and O–H groups in total. The zero-order valence-electron chi connectivity index (χ0n) is 20.1. The highest BCUT2D eigenvalue weighted by molar-refractivity contribution is 7.99. The maximum absolute atomic E-state index is 13.9. The van der Waals surface area contributed by atoms with Crippen LogP contribution in [0, 0.1) is 12.7 Å². The number of benzene rings is 2. The summed E-state index contributed by atoms with van der Waals surface area (Å²) in [7, 11) is 1.62. The van der Waals surface area contributed by atoms with E-state index in [4.69, 9.17) is 16.3 Å². The molecule has 188 valence electrons. The van der Waals surface area contributed by atoms with E-state index in [0.29, 0.717) is 44.4 Å². The molecule has 3 aromatic rings. The number of aromatic nitrogens is 2. The number of nitrogens with zero attached hydrogens (tertiary/aromatic N) is 4. The summed E-state index contributed by atoms with van der Waals surface area (Å²) in [5.74, 6) is 0.684. The number of thioether (sulfide) groups is 1. The van der Waals surface area contributed by atoms with Crippen molar-refractivity contribution in [2.24, 2.45) is 0 Å². The third kappa shape index (κ3) is 4.19. The molecular weight excluding hydrogens is 503 g/mol. The highest BCUT2D eigenvalue weighted by Gasteiger charge is 2.31. The minimum absolute atomic E-state index is 0.0528. The Hall–Kier alpha value is -2.88. The lowest BCUT2D eigenvalue weighted by atomic mass is 9.97. The zero-order valence-corrected chi connectivity index (χ0v) is 21.7. The SMILES string of the molecule is C=CC(=O)N1CCN(c2nc(=O)n3c4c(c(-c5ccc(F)c(Cl)c5)c(C)cc24)SCC3COC)CC1. The number of hydrogen-bond donors (Lipinski definition) is 0. The van der Waals surface area contributed by atoms with Crippen molar-refractivity contribution in [3.8, 4) is 11.1 Å². The smallest absolute Gasteiger partial charge is 0.350 e. The minimum Gasteiger partial charge on any atom is -0.383 e. The van der Waals surface area contributed by atoms with Crippen LogP contribution in [0.15, 0.2) is 46.6 Å². The van der Waals surface area contributed by atoms with Gasteiger partial charge in [-0.05, 0) is 42.3 Å². The van der Waals surface area contributed by atoms with Crippen LogP contribution < -0.4 is 10.6 Å². The molecule has 1 unspecified atom stereocenters. The van der Waals surface area contributed by atoms with Crippen molar-refractivity contribution in [3.63, 3.8) is 0 Å². The number of amides is 1. The van der Waals surface area contributed by atoms with Gasteiger partial charge >= 0.3 is 5.69 Å². The van der Waals surface area contributed by atoms with Gasteiger partial charge in [-0.15, -0.1) is 11.8 Å². The van der Waals surface area contributed by atoms with E-state index < -0.39 is 5.82 Å². The van der Waals surface area contributed by atoms with Crippen LogP contribution in [0.4, 0.5) is 10.2 Å². The monoisotopic (exact) mass is 528 g/mol. The second-order valence-electron chi connectivity index (χ2n) is 8.95. The van der Waals surface area contributed by atoms with Gasteiger partial charge in [-0.2, -0.15) is 4.98 Å². The Morgan fingerprint density at radius 3 is 2.72 bits per heavy atom. The highest BCUT2D eigenvalue weighted by atomic mass is 35.5. The molecule has 2 aromatic carbocycles. The summed E-state index contributed by atoms with van der Waals surface area (Å²) in [6.45, 7) is 8.13. The molecule has 1 aromatic heterocycles. The maximum atomic E-state index is 13.9. The number of aryl methyl sites for hydroxylation is 1. The number of ether oxygens (including phenoxy) is 1. The molecular formula is C26H26ClFN4O3S. The molecule has 2 aliphatic rings. The quantitative estimate of drug-likeness (QED) is 0.460. The number of hydrogen-bond acceptors (Lipinski definition) is 6. The minimum atomic E-state index is -0.474. The molecule has 5 rings (SSSR count). The first kappa shape index (κ1) is 24.8. The van der Waals surface area contributed by atoms with E-state index in [9.17, 15) is 14.0 Å². The predicted octanol–water partition coefficient (Wildman–Crippen LogP) is 4.29. The molecule has 0 saturated carbocycles. The Bertz CT molecular complexity index is 1440. The number of carbonyl (C=O) groups is 1. The summed E-state index contributed by atoms with van der Waals surface area (Å²) in [5.41, 5.74) is 3.16. The van der Waals surface area contributed by atoms with Crippen molar-refractivity contribution in [2.45, 2.75) is 17.9 Å². The fourth-order valence-electron chi connectivity index (χ4n) is 5.05. The molecule has 2 aliphatic heterocycles. The largest absolute Gasteiger partial charge is 0.383 e. The number of carbonyl (C=O) groups excluding carboxylic acids is 1. The number of rotatable bonds is 5. The van der Waals surface area contributed by atoms with Crippen molar-refractivity contribution < 1.29 is 13.9 Å². The molecule has 0 radical (unpaired) electrons. The number of anilines is 1. The van der Waals surface area contributed by atoms with Gasteiger partial charge in [0.15, 0.2) is 0 Å². The van der Waals surface area contributed by atoms with Gasteiger partial charge in [0, 0.05) is 54.9 Å². The normalized spacial score (nSPS) is 17.5. The van der Waals surface area contributed by atoms with Crippen molar-refractivity contribution in [1.29, 1.82) is 0 Å². The van der Waals surface area contributed by atoms with Gasteiger partial charge in [0.1, 0.15) is 11.6 Å². The van der Waals surface area contributed by atoms with Gasteiger partial charge < -0.3 is 14.5 Å². The summed E-state index contributed by atoms with van der Waals surface area (Å²) in [4.78, 5) is 34.8. The molecule has 10 heteroatoms. The molecule has 36 heavy (non-hydrogen) atoms. The molecule has 7 nitrogen and oxygen atoms in total. The predicted molar refractivity (Wildman–Crippen MR) is 142 cm³/mol. The van der Waals surface area contributed by atoms with E-state index in [1.165, 1.54) is 12.1 Å². The summed E-state index contributed by atoms with van der Waals surface area (Å²) >= 11 is 7.79. The second-order valence-corrected chi connectivity index (χ2v) is 10.4. The third-order valence-electron chi connectivity index (χ3n) is 6.76. The van der Waals surface area contributed by atoms with Gasteiger partial charge in [-0.3, -0.25) is 9.36 Å². The Morgan fingerprint density at radius 2 is 2.06 bits per heavy atom. The lowest BCUT2D eigenvalue weighted by molar-refractivity contribution is -0.126. The maximum Gasteiger partial charge on any atom is 0.350 e. The number of methoxy groups -OCH3 is 1. The molecule has 1 saturated heterocycles. The van der Waals surface area contributed by atoms with E-state index >= 15 is 0 Å². The second kappa shape index (κ2) is 9.88. The van der Waals surface area contributed by atoms with Crippen LogP contribution in [0.5, 0.6) is 0 Å². The molecule has 1 fully saturated rings. The number of piperazine rings is 1. The molecule has 1 atom stereocenters. The first-order chi connectivity index (χ1) is 17.3. The lowest BCUT2D eigenvalue weighted by Gasteiger charge is -2.36. The van der Waals surface area contributed by atoms with Crippen LogP contribution in [0.3, 0.4) is 0 Å². The summed E-state index contributed by atoms with van der Waals surface area (Å²) in [6.07, 6.45) is 1.32. The van der Waals surface area contributed by atoms with Gasteiger partial charge in [0.25, 0.3) is 0 Å². The zero-order chi connectivity index (χ0) is 25.6. The molecule has 0 bridgehead atoms. The van der Waals surface area contributed by atoms with Gasteiger partial charge in [0.05, 0.1) is 23.2 Å². The van der Waals surface area contributed by atoms with Crippen molar-refractivity contribution >= 4 is 46.0 Å². The fraction of sp³-hybridized carbons (Fsp3) is 0.346. The van der Waals surface area contributed by atoms with Crippen LogP contribution in [0.1, 0.15) is 11.6 Å². The van der Waals surface area contributed by atoms with Crippen molar-refractivity contribution in [3.05, 3.63) is 63.8 Å². The lowest BCUT2D eigenvalue weighted by Crippen LogP contribution is -2.49. The van der Waals surface area contributed by atoms with Crippen molar-refractivity contribution in [1.82, 2.24) is 14.5 Å². The Morgan fingerprint density at radius 1 is 1.31 bits per heavy atom. The Kier molecular flexibility index (Phi) is 6.80. The van der Waals surface area contributed by atoms with Crippen LogP contribution in [0.25, 0.3) is 22.0 Å². The molecule has 1 amide bonds. The first-order valence-electron chi connectivity index (χ1n) is 11.7. The van der Waals surface area contributed by atoms with Crippen LogP contribution in [-0.4, -0.2) is 66.0 Å². The molecule has 0 spiro atoms. The van der Waals surface area contributed by atoms with Gasteiger partial charge in [-0.25, -0.2) is 9.18 Å². The Labute approximate surface area is 217 Å². The molecule has 0 aliphatic carbocycles. The van der Waals surface area contributed by atoms with E-state index in [1.54, 1.807) is 40.5 Å². The van der Waals surface area contributed by atoms with Crippen molar-refractivity contribution in [2.75, 3.05) is 50.5 Å². The number of halogens is 2. The fourth-order valence-corrected chi connectivity index (χ4v) is 6.61. The first-order valence-corrected chi connectivity index (χ1v) is 13.0. The molecule has 3 heterocycles. The van der Waals surface area contributed by atoms with E-state index in [2.05, 4.69) is 16.5 Å². The Balaban J connectivity index is 1.71. The van der Waals surface area contributed by atoms with Gasteiger partial charge in [-0.1, -0.05) is 24.2 Å². The van der Waals surface area contributed by atoms with E-state index in [1.807, 2.05) is 13.0 Å². The summed E-state index contributed by atoms with van der Waals surface area (Å²) < 4.78 is 21.1. The van der Waals surface area contributed by atoms with Crippen LogP contribution in [-0.2, 0) is 9.53 Å². The van der Waals surface area contributed by atoms with Crippen LogP contribution >= 0.6 is 23.4 Å². The van der Waals surface area contributed by atoms with E-state index in [0.717, 1.165) is 32.5 Å². The highest BCUT2D eigenvalue weighted by Crippen LogP contribution is 2.46. The van der Waals surface area contributed by atoms with Crippen LogP contribution in [0.2, 0.25) is 5.02 Å². The third-order valence-corrected chi connectivity index (χ3v) is 8.29.